The van der Waals surface area contributed by atoms with Crippen molar-refractivity contribution >= 4 is 22.9 Å². The first kappa shape index (κ1) is 17.4. The SMILES string of the molecule is CC(C)Cn1cc(-c2ncc(C(=O)NCc3ccn4ccnc4c3)s2)cn1. The number of pyridine rings is 1. The van der Waals surface area contributed by atoms with Gasteiger partial charge < -0.3 is 9.72 Å². The van der Waals surface area contributed by atoms with Crippen LogP contribution in [0.5, 0.6) is 0 Å². The lowest BCUT2D eigenvalue weighted by Crippen LogP contribution is -2.21. The second-order valence-electron chi connectivity index (χ2n) is 6.78. The Morgan fingerprint density at radius 3 is 3.00 bits per heavy atom. The number of nitrogens with zero attached hydrogens (tertiary/aromatic N) is 5. The first-order chi connectivity index (χ1) is 13.1. The minimum atomic E-state index is -0.128. The number of carbonyl (C=O) groups excluding carboxylic acids is 1. The molecule has 138 valence electrons. The van der Waals surface area contributed by atoms with E-state index in [9.17, 15) is 4.79 Å². The molecule has 0 radical (unpaired) electrons. The highest BCUT2D eigenvalue weighted by Gasteiger charge is 2.13. The Morgan fingerprint density at radius 1 is 1.26 bits per heavy atom. The van der Waals surface area contributed by atoms with E-state index in [0.717, 1.165) is 28.3 Å². The topological polar surface area (TPSA) is 77.1 Å². The smallest absolute Gasteiger partial charge is 0.263 e. The van der Waals surface area contributed by atoms with Gasteiger partial charge in [0.05, 0.1) is 12.4 Å². The Labute approximate surface area is 160 Å². The zero-order chi connectivity index (χ0) is 18.8. The summed E-state index contributed by atoms with van der Waals surface area (Å²) in [5.41, 5.74) is 2.80. The molecule has 0 spiro atoms. The monoisotopic (exact) mass is 380 g/mol. The summed E-state index contributed by atoms with van der Waals surface area (Å²) in [7, 11) is 0. The van der Waals surface area contributed by atoms with Crippen LogP contribution in [0.4, 0.5) is 0 Å². The van der Waals surface area contributed by atoms with Crippen molar-refractivity contribution in [2.24, 2.45) is 5.92 Å². The summed E-state index contributed by atoms with van der Waals surface area (Å²) < 4.78 is 3.84. The van der Waals surface area contributed by atoms with E-state index in [1.54, 1.807) is 18.6 Å². The van der Waals surface area contributed by atoms with E-state index >= 15 is 0 Å². The van der Waals surface area contributed by atoms with Crippen LogP contribution in [0.3, 0.4) is 0 Å². The average molecular weight is 380 g/mol. The Bertz CT molecular complexity index is 1080. The molecule has 0 fully saturated rings. The largest absolute Gasteiger partial charge is 0.347 e. The van der Waals surface area contributed by atoms with Gasteiger partial charge >= 0.3 is 0 Å². The molecule has 0 unspecified atom stereocenters. The molecule has 27 heavy (non-hydrogen) atoms. The fraction of sp³-hybridized carbons (Fsp3) is 0.263. The molecule has 0 aliphatic carbocycles. The van der Waals surface area contributed by atoms with Crippen molar-refractivity contribution in [1.29, 1.82) is 0 Å². The molecule has 0 saturated heterocycles. The molecular weight excluding hydrogens is 360 g/mol. The van der Waals surface area contributed by atoms with Crippen molar-refractivity contribution in [3.63, 3.8) is 0 Å². The molecule has 4 aromatic heterocycles. The second-order valence-corrected chi connectivity index (χ2v) is 7.82. The number of rotatable bonds is 6. The maximum atomic E-state index is 12.4. The van der Waals surface area contributed by atoms with Crippen molar-refractivity contribution in [3.05, 3.63) is 59.8 Å². The highest BCUT2D eigenvalue weighted by atomic mass is 32.1. The van der Waals surface area contributed by atoms with E-state index in [4.69, 9.17) is 0 Å². The normalized spacial score (nSPS) is 11.4. The van der Waals surface area contributed by atoms with Crippen molar-refractivity contribution in [3.8, 4) is 10.6 Å². The van der Waals surface area contributed by atoms with Crippen LogP contribution in [0, 0.1) is 5.92 Å². The fourth-order valence-electron chi connectivity index (χ4n) is 2.79. The zero-order valence-corrected chi connectivity index (χ0v) is 16.0. The number of fused-ring (bicyclic) bond motifs is 1. The molecule has 0 aromatic carbocycles. The summed E-state index contributed by atoms with van der Waals surface area (Å²) in [4.78, 5) is 21.7. The quantitative estimate of drug-likeness (QED) is 0.557. The van der Waals surface area contributed by atoms with Gasteiger partial charge in [0.25, 0.3) is 5.91 Å². The molecule has 7 nitrogen and oxygen atoms in total. The van der Waals surface area contributed by atoms with E-state index in [2.05, 4.69) is 34.2 Å². The van der Waals surface area contributed by atoms with E-state index in [0.29, 0.717) is 17.3 Å². The van der Waals surface area contributed by atoms with Gasteiger partial charge in [0.2, 0.25) is 0 Å². The zero-order valence-electron chi connectivity index (χ0n) is 15.2. The first-order valence-corrected chi connectivity index (χ1v) is 9.58. The molecule has 0 bridgehead atoms. The number of imidazole rings is 1. The van der Waals surface area contributed by atoms with Crippen molar-refractivity contribution < 1.29 is 4.79 Å². The van der Waals surface area contributed by atoms with Gasteiger partial charge in [-0.3, -0.25) is 9.48 Å². The average Bonchev–Trinajstić information content (AvgIpc) is 3.38. The standard InChI is InChI=1S/C19H20N6OS/c1-13(2)11-25-12-15(9-23-25)19-22-10-16(27-19)18(26)21-8-14-3-5-24-6-4-20-17(24)7-14/h3-7,9-10,12-13H,8,11H2,1-2H3,(H,21,26). The summed E-state index contributed by atoms with van der Waals surface area (Å²) in [6.07, 6.45) is 11.0. The van der Waals surface area contributed by atoms with Crippen LogP contribution in [-0.2, 0) is 13.1 Å². The number of carbonyl (C=O) groups is 1. The third-order valence-corrected chi connectivity index (χ3v) is 5.12. The van der Waals surface area contributed by atoms with Crippen LogP contribution in [0.15, 0.2) is 49.3 Å². The van der Waals surface area contributed by atoms with Crippen LogP contribution < -0.4 is 5.32 Å². The summed E-state index contributed by atoms with van der Waals surface area (Å²) in [5.74, 6) is 0.396. The molecule has 4 heterocycles. The van der Waals surface area contributed by atoms with Gasteiger partial charge in [-0.15, -0.1) is 11.3 Å². The van der Waals surface area contributed by atoms with Gasteiger partial charge in [0, 0.05) is 43.4 Å². The lowest BCUT2D eigenvalue weighted by atomic mass is 10.2. The second kappa shape index (κ2) is 7.32. The van der Waals surface area contributed by atoms with Gasteiger partial charge in [-0.05, 0) is 23.6 Å². The summed E-state index contributed by atoms with van der Waals surface area (Å²) in [5, 5.41) is 8.10. The van der Waals surface area contributed by atoms with Gasteiger partial charge in [0.1, 0.15) is 15.5 Å². The summed E-state index contributed by atoms with van der Waals surface area (Å²) >= 11 is 1.37. The van der Waals surface area contributed by atoms with Crippen LogP contribution in [0.1, 0.15) is 29.1 Å². The first-order valence-electron chi connectivity index (χ1n) is 8.77. The predicted molar refractivity (Wildman–Crippen MR) is 105 cm³/mol. The fourth-order valence-corrected chi connectivity index (χ4v) is 3.60. The number of amides is 1. The third-order valence-electron chi connectivity index (χ3n) is 4.08. The van der Waals surface area contributed by atoms with Crippen molar-refractivity contribution in [2.75, 3.05) is 0 Å². The van der Waals surface area contributed by atoms with Crippen LogP contribution in [0.2, 0.25) is 0 Å². The van der Waals surface area contributed by atoms with Crippen LogP contribution in [-0.4, -0.2) is 30.1 Å². The molecule has 0 aliphatic rings. The molecular formula is C19H20N6OS. The minimum absolute atomic E-state index is 0.128. The highest BCUT2D eigenvalue weighted by molar-refractivity contribution is 7.16. The van der Waals surface area contributed by atoms with E-state index in [1.165, 1.54) is 11.3 Å². The van der Waals surface area contributed by atoms with E-state index in [-0.39, 0.29) is 5.91 Å². The maximum absolute atomic E-state index is 12.4. The summed E-state index contributed by atoms with van der Waals surface area (Å²) in [6, 6.07) is 3.93. The predicted octanol–water partition coefficient (Wildman–Crippen LogP) is 3.24. The minimum Gasteiger partial charge on any atom is -0.347 e. The maximum Gasteiger partial charge on any atom is 0.263 e. The Balaban J connectivity index is 1.41. The number of aromatic nitrogens is 5. The Morgan fingerprint density at radius 2 is 2.15 bits per heavy atom. The molecule has 0 atom stereocenters. The number of nitrogens with one attached hydrogen (secondary N) is 1. The highest BCUT2D eigenvalue weighted by Crippen LogP contribution is 2.25. The van der Waals surface area contributed by atoms with Gasteiger partial charge in [0.15, 0.2) is 0 Å². The van der Waals surface area contributed by atoms with E-state index < -0.39 is 0 Å². The van der Waals surface area contributed by atoms with Gasteiger partial charge in [-0.25, -0.2) is 9.97 Å². The van der Waals surface area contributed by atoms with Crippen molar-refractivity contribution in [1.82, 2.24) is 29.5 Å². The molecule has 1 N–H and O–H groups in total. The molecule has 1 amide bonds. The van der Waals surface area contributed by atoms with Crippen molar-refractivity contribution in [2.45, 2.75) is 26.9 Å². The third kappa shape index (κ3) is 3.90. The lowest BCUT2D eigenvalue weighted by molar-refractivity contribution is 0.0954. The number of hydrogen-bond acceptors (Lipinski definition) is 5. The lowest BCUT2D eigenvalue weighted by Gasteiger charge is -2.04. The van der Waals surface area contributed by atoms with Gasteiger partial charge in [-0.1, -0.05) is 13.8 Å². The van der Waals surface area contributed by atoms with Crippen LogP contribution in [0.25, 0.3) is 16.2 Å². The number of thiazole rings is 1. The number of hydrogen-bond donors (Lipinski definition) is 1. The van der Waals surface area contributed by atoms with Crippen LogP contribution >= 0.6 is 11.3 Å². The molecule has 4 rings (SSSR count). The molecule has 0 aliphatic heterocycles. The van der Waals surface area contributed by atoms with Gasteiger partial charge in [-0.2, -0.15) is 5.10 Å². The molecule has 4 aromatic rings. The Kier molecular flexibility index (Phi) is 4.72. The molecule has 0 saturated carbocycles. The summed E-state index contributed by atoms with van der Waals surface area (Å²) in [6.45, 7) is 5.61. The Hall–Kier alpha value is -3.00. The van der Waals surface area contributed by atoms with E-state index in [1.807, 2.05) is 39.8 Å². The molecule has 8 heteroatoms.